The second-order valence-electron chi connectivity index (χ2n) is 9.65. The molecule has 1 aromatic heterocycles. The molecule has 2 saturated carbocycles. The molecule has 5 heteroatoms. The molecular formula is C27H26ClN3O. The lowest BCUT2D eigenvalue weighted by Crippen LogP contribution is -2.38. The average molecular weight is 444 g/mol. The molecule has 6 rings (SSSR count). The van der Waals surface area contributed by atoms with Crippen molar-refractivity contribution in [3.05, 3.63) is 64.3 Å². The molecule has 162 valence electrons. The van der Waals surface area contributed by atoms with E-state index in [1.807, 2.05) is 31.2 Å². The first-order chi connectivity index (χ1) is 15.5. The highest BCUT2D eigenvalue weighted by molar-refractivity contribution is 6.30. The molecule has 0 amide bonds. The Hall–Kier alpha value is -2.61. The molecule has 1 aliphatic heterocycles. The van der Waals surface area contributed by atoms with Gasteiger partial charge in [-0.15, -0.1) is 0 Å². The number of Topliss-reactive ketones (excluding diaryl/α,β-unsaturated/α-hetero) is 1. The number of aromatic nitrogens is 1. The van der Waals surface area contributed by atoms with Crippen molar-refractivity contribution in [1.82, 2.24) is 9.47 Å². The van der Waals surface area contributed by atoms with E-state index < -0.39 is 0 Å². The molecule has 4 nitrogen and oxygen atoms in total. The lowest BCUT2D eigenvalue weighted by Gasteiger charge is -2.35. The fraction of sp³-hybridized carbons (Fsp3) is 0.407. The van der Waals surface area contributed by atoms with Crippen molar-refractivity contribution in [1.29, 1.82) is 5.26 Å². The van der Waals surface area contributed by atoms with Gasteiger partial charge >= 0.3 is 0 Å². The number of ketones is 1. The topological polar surface area (TPSA) is 48.8 Å². The van der Waals surface area contributed by atoms with E-state index >= 15 is 0 Å². The SMILES string of the molecule is Cc1c(C(=O)CN2C3CCC4CCC432)c2ccc(CCC#N)cc2n1-c1ccc(Cl)cc1. The van der Waals surface area contributed by atoms with Crippen molar-refractivity contribution in [3.63, 3.8) is 0 Å². The average Bonchev–Trinajstić information content (AvgIpc) is 3.21. The Labute approximate surface area is 193 Å². The van der Waals surface area contributed by atoms with E-state index in [0.717, 1.165) is 39.3 Å². The summed E-state index contributed by atoms with van der Waals surface area (Å²) in [4.78, 5) is 16.2. The maximum Gasteiger partial charge on any atom is 0.179 e. The van der Waals surface area contributed by atoms with Crippen LogP contribution in [0.15, 0.2) is 42.5 Å². The summed E-state index contributed by atoms with van der Waals surface area (Å²) < 4.78 is 2.17. The van der Waals surface area contributed by atoms with Gasteiger partial charge in [-0.05, 0) is 80.8 Å². The van der Waals surface area contributed by atoms with Crippen LogP contribution in [0.1, 0.15) is 53.7 Å². The normalized spacial score (nSPS) is 27.5. The highest BCUT2D eigenvalue weighted by Crippen LogP contribution is 2.66. The van der Waals surface area contributed by atoms with Crippen LogP contribution in [0.5, 0.6) is 0 Å². The van der Waals surface area contributed by atoms with Crippen LogP contribution in [0.3, 0.4) is 0 Å². The van der Waals surface area contributed by atoms with Crippen LogP contribution < -0.4 is 0 Å². The van der Waals surface area contributed by atoms with Gasteiger partial charge in [-0.1, -0.05) is 23.7 Å². The van der Waals surface area contributed by atoms with Crippen molar-refractivity contribution < 1.29 is 4.79 Å². The van der Waals surface area contributed by atoms with E-state index in [9.17, 15) is 4.79 Å². The van der Waals surface area contributed by atoms with Crippen LogP contribution in [-0.4, -0.2) is 33.4 Å². The smallest absolute Gasteiger partial charge is 0.179 e. The van der Waals surface area contributed by atoms with Crippen LogP contribution in [0.25, 0.3) is 16.6 Å². The fourth-order valence-electron chi connectivity index (χ4n) is 6.68. The summed E-state index contributed by atoms with van der Waals surface area (Å²) in [5.41, 5.74) is 5.30. The first-order valence-electron chi connectivity index (χ1n) is 11.6. The minimum atomic E-state index is 0.222. The van der Waals surface area contributed by atoms with Crippen molar-refractivity contribution in [2.45, 2.75) is 57.0 Å². The molecule has 1 saturated heterocycles. The molecule has 1 spiro atoms. The number of benzene rings is 2. The van der Waals surface area contributed by atoms with Gasteiger partial charge < -0.3 is 4.57 Å². The molecule has 0 bridgehead atoms. The molecule has 3 aliphatic rings. The number of piperidine rings is 1. The van der Waals surface area contributed by atoms with Crippen LogP contribution in [0.2, 0.25) is 5.02 Å². The summed E-state index contributed by atoms with van der Waals surface area (Å²) in [6, 6.07) is 16.9. The predicted molar refractivity (Wildman–Crippen MR) is 126 cm³/mol. The third-order valence-corrected chi connectivity index (χ3v) is 8.53. The Bertz CT molecular complexity index is 1280. The molecule has 3 fully saturated rings. The third-order valence-electron chi connectivity index (χ3n) is 8.28. The molecule has 4 unspecified atom stereocenters. The Balaban J connectivity index is 1.42. The molecule has 32 heavy (non-hydrogen) atoms. The summed E-state index contributed by atoms with van der Waals surface area (Å²) >= 11 is 6.14. The molecular weight excluding hydrogens is 418 g/mol. The first-order valence-corrected chi connectivity index (χ1v) is 12.0. The molecule has 2 heterocycles. The Morgan fingerprint density at radius 2 is 2.00 bits per heavy atom. The zero-order chi connectivity index (χ0) is 22.0. The number of carbonyl (C=O) groups excluding carboxylic acids is 1. The van der Waals surface area contributed by atoms with Crippen LogP contribution in [0, 0.1) is 24.2 Å². The fourth-order valence-corrected chi connectivity index (χ4v) is 6.80. The van der Waals surface area contributed by atoms with Crippen molar-refractivity contribution in [3.8, 4) is 11.8 Å². The molecule has 2 aromatic carbocycles. The zero-order valence-electron chi connectivity index (χ0n) is 18.3. The van der Waals surface area contributed by atoms with Crippen LogP contribution in [0.4, 0.5) is 0 Å². The number of nitrogens with zero attached hydrogens (tertiary/aromatic N) is 3. The van der Waals surface area contributed by atoms with Crippen molar-refractivity contribution >= 4 is 28.3 Å². The molecule has 3 aromatic rings. The van der Waals surface area contributed by atoms with E-state index in [-0.39, 0.29) is 5.78 Å². The first kappa shape index (κ1) is 20.0. The standard InChI is InChI=1S/C27H26ClN3O/c1-17-26(24(32)16-30-25-11-5-19-12-13-27(19,25)30)22-10-4-18(3-2-14-29)15-23(22)31(17)21-8-6-20(28)7-9-21/h4,6-10,15,19,25H,2-3,5,11-13,16H2,1H3. The van der Waals surface area contributed by atoms with E-state index in [2.05, 4.69) is 33.7 Å². The van der Waals surface area contributed by atoms with Gasteiger partial charge in [-0.3, -0.25) is 9.69 Å². The van der Waals surface area contributed by atoms with E-state index in [4.69, 9.17) is 16.9 Å². The number of halogens is 1. The zero-order valence-corrected chi connectivity index (χ0v) is 19.0. The number of rotatable bonds is 6. The summed E-state index contributed by atoms with van der Waals surface area (Å²) in [5, 5.41) is 10.7. The van der Waals surface area contributed by atoms with E-state index in [1.54, 1.807) is 0 Å². The van der Waals surface area contributed by atoms with E-state index in [0.29, 0.717) is 36.0 Å². The van der Waals surface area contributed by atoms with Gasteiger partial charge in [0.15, 0.2) is 5.78 Å². The highest BCUT2D eigenvalue weighted by Gasteiger charge is 2.73. The molecule has 2 aliphatic carbocycles. The predicted octanol–water partition coefficient (Wildman–Crippen LogP) is 5.86. The van der Waals surface area contributed by atoms with Gasteiger partial charge in [0.05, 0.1) is 18.1 Å². The molecule has 0 radical (unpaired) electrons. The summed E-state index contributed by atoms with van der Waals surface area (Å²) in [6.07, 6.45) is 6.39. The number of likely N-dealkylation sites (tertiary alicyclic amines) is 1. The minimum absolute atomic E-state index is 0.222. The number of nitriles is 1. The van der Waals surface area contributed by atoms with E-state index in [1.165, 1.54) is 25.7 Å². The quantitative estimate of drug-likeness (QED) is 0.354. The van der Waals surface area contributed by atoms with Crippen molar-refractivity contribution in [2.24, 2.45) is 5.92 Å². The van der Waals surface area contributed by atoms with Gasteiger partial charge in [-0.25, -0.2) is 0 Å². The van der Waals surface area contributed by atoms with Gasteiger partial charge in [-0.2, -0.15) is 5.26 Å². The summed E-state index contributed by atoms with van der Waals surface area (Å²) in [6.45, 7) is 2.57. The monoisotopic (exact) mass is 443 g/mol. The van der Waals surface area contributed by atoms with Crippen LogP contribution in [-0.2, 0) is 6.42 Å². The maximum absolute atomic E-state index is 13.7. The number of hydrogen-bond acceptors (Lipinski definition) is 3. The van der Waals surface area contributed by atoms with Gasteiger partial charge in [0.25, 0.3) is 0 Å². The van der Waals surface area contributed by atoms with Gasteiger partial charge in [0.2, 0.25) is 0 Å². The highest BCUT2D eigenvalue weighted by atomic mass is 35.5. The van der Waals surface area contributed by atoms with Crippen LogP contribution >= 0.6 is 11.6 Å². The lowest BCUT2D eigenvalue weighted by molar-refractivity contribution is 0.0916. The Kier molecular flexibility index (Phi) is 4.51. The number of fused-ring (bicyclic) bond motifs is 1. The second-order valence-corrected chi connectivity index (χ2v) is 10.1. The lowest BCUT2D eigenvalue weighted by atomic mass is 9.74. The summed E-state index contributed by atoms with van der Waals surface area (Å²) in [5.74, 6) is 1.04. The Morgan fingerprint density at radius 1 is 1.19 bits per heavy atom. The van der Waals surface area contributed by atoms with Crippen molar-refractivity contribution in [2.75, 3.05) is 6.54 Å². The number of aryl methyl sites for hydroxylation is 1. The largest absolute Gasteiger partial charge is 0.313 e. The minimum Gasteiger partial charge on any atom is -0.313 e. The Morgan fingerprint density at radius 3 is 2.69 bits per heavy atom. The summed E-state index contributed by atoms with van der Waals surface area (Å²) in [7, 11) is 0. The van der Waals surface area contributed by atoms with Gasteiger partial charge in [0.1, 0.15) is 0 Å². The second kappa shape index (κ2) is 7.20. The third kappa shape index (κ3) is 2.74. The molecule has 0 N–H and O–H groups in total. The van der Waals surface area contributed by atoms with Gasteiger partial charge in [0, 0.05) is 45.4 Å². The number of hydrogen-bond donors (Lipinski definition) is 0. The molecule has 4 atom stereocenters. The maximum atomic E-state index is 13.7. The number of carbonyl (C=O) groups is 1.